The number of hydrogen-bond acceptors (Lipinski definition) is 4. The monoisotopic (exact) mass is 402 g/mol. The highest BCUT2D eigenvalue weighted by atomic mass is 19.1. The summed E-state index contributed by atoms with van der Waals surface area (Å²) in [5.74, 6) is -0.623. The summed E-state index contributed by atoms with van der Waals surface area (Å²) >= 11 is 0. The van der Waals surface area contributed by atoms with Crippen molar-refractivity contribution in [3.63, 3.8) is 0 Å². The first-order valence-corrected chi connectivity index (χ1v) is 9.76. The van der Waals surface area contributed by atoms with Crippen LogP contribution >= 0.6 is 0 Å². The normalized spacial score (nSPS) is 21.0. The fourth-order valence-corrected chi connectivity index (χ4v) is 3.76. The van der Waals surface area contributed by atoms with Gasteiger partial charge in [-0.05, 0) is 67.6 Å². The minimum atomic E-state index is -0.874. The third kappa shape index (κ3) is 5.34. The summed E-state index contributed by atoms with van der Waals surface area (Å²) in [6, 6.07) is 11.7. The molecular formula is C23H27FO5. The van der Waals surface area contributed by atoms with Crippen LogP contribution in [0.25, 0.3) is 11.1 Å². The van der Waals surface area contributed by atoms with Crippen LogP contribution in [0, 0.1) is 5.82 Å². The maximum atomic E-state index is 13.8. The van der Waals surface area contributed by atoms with E-state index in [1.807, 2.05) is 26.0 Å². The highest BCUT2D eigenvalue weighted by molar-refractivity contribution is 5.71. The van der Waals surface area contributed by atoms with Gasteiger partial charge in [0.1, 0.15) is 11.6 Å². The van der Waals surface area contributed by atoms with Crippen LogP contribution in [0.3, 0.4) is 0 Å². The lowest BCUT2D eigenvalue weighted by Gasteiger charge is -2.41. The van der Waals surface area contributed by atoms with Gasteiger partial charge in [-0.2, -0.15) is 0 Å². The lowest BCUT2D eigenvalue weighted by Crippen LogP contribution is -2.49. The Balaban J connectivity index is 1.85. The van der Waals surface area contributed by atoms with Gasteiger partial charge >= 0.3 is 5.97 Å². The molecule has 1 N–H and O–H groups in total. The van der Waals surface area contributed by atoms with E-state index < -0.39 is 17.9 Å². The predicted molar refractivity (Wildman–Crippen MR) is 107 cm³/mol. The lowest BCUT2D eigenvalue weighted by molar-refractivity contribution is -0.233. The summed E-state index contributed by atoms with van der Waals surface area (Å²) in [6.45, 7) is 3.95. The maximum absolute atomic E-state index is 13.8. The van der Waals surface area contributed by atoms with Crippen molar-refractivity contribution < 1.29 is 28.5 Å². The molecule has 2 aromatic carbocycles. The van der Waals surface area contributed by atoms with E-state index in [2.05, 4.69) is 0 Å². The van der Waals surface area contributed by atoms with Crippen LogP contribution in [0.4, 0.5) is 4.39 Å². The van der Waals surface area contributed by atoms with Crippen molar-refractivity contribution in [3.05, 3.63) is 53.8 Å². The molecule has 2 atom stereocenters. The fraction of sp³-hybridized carbons (Fsp3) is 0.435. The highest BCUT2D eigenvalue weighted by Crippen LogP contribution is 2.34. The highest BCUT2D eigenvalue weighted by Gasteiger charge is 2.38. The Bertz CT molecular complexity index is 864. The van der Waals surface area contributed by atoms with Crippen molar-refractivity contribution in [1.29, 1.82) is 0 Å². The molecular weight excluding hydrogens is 375 g/mol. The number of halogens is 1. The van der Waals surface area contributed by atoms with Gasteiger partial charge in [-0.3, -0.25) is 4.79 Å². The van der Waals surface area contributed by atoms with Crippen molar-refractivity contribution in [1.82, 2.24) is 0 Å². The third-order valence-electron chi connectivity index (χ3n) is 5.25. The van der Waals surface area contributed by atoms with Crippen LogP contribution in [0.5, 0.6) is 5.75 Å². The van der Waals surface area contributed by atoms with E-state index in [9.17, 15) is 9.18 Å². The average Bonchev–Trinajstić information content (AvgIpc) is 2.66. The molecule has 6 heteroatoms. The molecule has 3 rings (SSSR count). The average molecular weight is 402 g/mol. The van der Waals surface area contributed by atoms with Crippen molar-refractivity contribution in [2.75, 3.05) is 7.11 Å². The Morgan fingerprint density at radius 2 is 2.03 bits per heavy atom. The molecule has 0 spiro atoms. The number of carboxylic acid groups (broad SMARTS) is 1. The van der Waals surface area contributed by atoms with Crippen LogP contribution in [-0.4, -0.2) is 36.2 Å². The molecule has 29 heavy (non-hydrogen) atoms. The van der Waals surface area contributed by atoms with Gasteiger partial charge in [-0.25, -0.2) is 4.39 Å². The minimum absolute atomic E-state index is 0.000844. The number of aryl methyl sites for hydroxylation is 1. The van der Waals surface area contributed by atoms with Crippen LogP contribution in [0.15, 0.2) is 42.5 Å². The van der Waals surface area contributed by atoms with Gasteiger partial charge in [0, 0.05) is 20.0 Å². The van der Waals surface area contributed by atoms with Gasteiger partial charge in [0.15, 0.2) is 0 Å². The second kappa shape index (κ2) is 8.93. The number of carbonyl (C=O) groups is 1. The van der Waals surface area contributed by atoms with Crippen molar-refractivity contribution in [2.45, 2.75) is 57.5 Å². The summed E-state index contributed by atoms with van der Waals surface area (Å²) in [7, 11) is 1.68. The second-order valence-corrected chi connectivity index (χ2v) is 7.79. The Morgan fingerprint density at radius 3 is 2.69 bits per heavy atom. The fourth-order valence-electron chi connectivity index (χ4n) is 3.76. The first-order chi connectivity index (χ1) is 13.8. The van der Waals surface area contributed by atoms with Gasteiger partial charge in [0.05, 0.1) is 11.7 Å². The summed E-state index contributed by atoms with van der Waals surface area (Å²) < 4.78 is 31.4. The molecule has 5 nitrogen and oxygen atoms in total. The number of methoxy groups -OCH3 is 1. The van der Waals surface area contributed by atoms with E-state index in [0.29, 0.717) is 24.2 Å². The van der Waals surface area contributed by atoms with Gasteiger partial charge in [0.25, 0.3) is 0 Å². The predicted octanol–water partition coefficient (Wildman–Crippen LogP) is 4.82. The summed E-state index contributed by atoms with van der Waals surface area (Å²) in [5.41, 5.74) is 1.80. The molecule has 1 heterocycles. The minimum Gasteiger partial charge on any atom is -0.481 e. The molecule has 0 aliphatic carbocycles. The van der Waals surface area contributed by atoms with Crippen LogP contribution < -0.4 is 4.74 Å². The maximum Gasteiger partial charge on any atom is 0.303 e. The van der Waals surface area contributed by atoms with E-state index in [-0.39, 0.29) is 18.3 Å². The number of benzene rings is 2. The van der Waals surface area contributed by atoms with E-state index in [1.165, 1.54) is 12.1 Å². The first kappa shape index (κ1) is 21.3. The van der Waals surface area contributed by atoms with E-state index in [1.54, 1.807) is 25.3 Å². The van der Waals surface area contributed by atoms with Crippen LogP contribution in [0.1, 0.15) is 38.7 Å². The number of ether oxygens (including phenoxy) is 3. The van der Waals surface area contributed by atoms with Crippen molar-refractivity contribution >= 4 is 5.97 Å². The summed E-state index contributed by atoms with van der Waals surface area (Å²) in [6.07, 6.45) is 1.45. The second-order valence-electron chi connectivity index (χ2n) is 7.79. The SMILES string of the molecule is COC1CCC(Oc2ccc(CCC(=O)O)c(-c3cccc(F)c3)c2)OC1(C)C. The zero-order valence-corrected chi connectivity index (χ0v) is 17.0. The largest absolute Gasteiger partial charge is 0.481 e. The zero-order chi connectivity index (χ0) is 21.0. The number of aliphatic carboxylic acids is 1. The van der Waals surface area contributed by atoms with Crippen molar-refractivity contribution in [2.24, 2.45) is 0 Å². The molecule has 1 fully saturated rings. The Labute approximate surface area is 170 Å². The Kier molecular flexibility index (Phi) is 6.55. The van der Waals surface area contributed by atoms with E-state index >= 15 is 0 Å². The quantitative estimate of drug-likeness (QED) is 0.719. The Morgan fingerprint density at radius 1 is 1.24 bits per heavy atom. The molecule has 0 saturated carbocycles. The molecule has 0 radical (unpaired) electrons. The molecule has 0 amide bonds. The number of hydrogen-bond donors (Lipinski definition) is 1. The standard InChI is InChI=1S/C23H27FO5/c1-23(2)20(27-3)10-12-22(29-23)28-18-9-7-15(8-11-21(25)26)19(14-18)16-5-4-6-17(24)13-16/h4-7,9,13-14,20,22H,8,10-12H2,1-3H3,(H,25,26). The van der Waals surface area contributed by atoms with Gasteiger partial charge in [-0.1, -0.05) is 18.2 Å². The van der Waals surface area contributed by atoms with Gasteiger partial charge in [0.2, 0.25) is 6.29 Å². The van der Waals surface area contributed by atoms with Crippen LogP contribution in [0.2, 0.25) is 0 Å². The number of rotatable bonds is 7. The van der Waals surface area contributed by atoms with Gasteiger partial charge in [-0.15, -0.1) is 0 Å². The van der Waals surface area contributed by atoms with Gasteiger partial charge < -0.3 is 19.3 Å². The molecule has 2 unspecified atom stereocenters. The van der Waals surface area contributed by atoms with E-state index in [0.717, 1.165) is 17.5 Å². The molecule has 1 aliphatic heterocycles. The Hall–Kier alpha value is -2.44. The summed E-state index contributed by atoms with van der Waals surface area (Å²) in [5, 5.41) is 9.03. The van der Waals surface area contributed by atoms with Crippen LogP contribution in [-0.2, 0) is 20.7 Å². The van der Waals surface area contributed by atoms with Crippen molar-refractivity contribution in [3.8, 4) is 16.9 Å². The molecule has 0 bridgehead atoms. The molecule has 1 aliphatic rings. The smallest absolute Gasteiger partial charge is 0.303 e. The third-order valence-corrected chi connectivity index (χ3v) is 5.25. The topological polar surface area (TPSA) is 65.0 Å². The van der Waals surface area contributed by atoms with E-state index in [4.69, 9.17) is 19.3 Å². The summed E-state index contributed by atoms with van der Waals surface area (Å²) in [4.78, 5) is 11.0. The number of carboxylic acids is 1. The molecule has 2 aromatic rings. The molecule has 0 aromatic heterocycles. The first-order valence-electron chi connectivity index (χ1n) is 9.76. The lowest BCUT2D eigenvalue weighted by atomic mass is 9.94. The molecule has 156 valence electrons. The zero-order valence-electron chi connectivity index (χ0n) is 17.0. The molecule has 1 saturated heterocycles.